The summed E-state index contributed by atoms with van der Waals surface area (Å²) < 4.78 is 26.7. The van der Waals surface area contributed by atoms with Gasteiger partial charge in [0.2, 0.25) is 0 Å². The van der Waals surface area contributed by atoms with Crippen molar-refractivity contribution < 1.29 is 18.9 Å². The Morgan fingerprint density at radius 1 is 0.315 bits per heavy atom. The predicted octanol–water partition coefficient (Wildman–Crippen LogP) is 14.8. The molecule has 4 nitrogen and oxygen atoms in total. The summed E-state index contributed by atoms with van der Waals surface area (Å²) in [4.78, 5) is 5.06. The van der Waals surface area contributed by atoms with Crippen molar-refractivity contribution in [3.05, 3.63) is 128 Å². The zero-order chi connectivity index (χ0) is 37.5. The number of ether oxygens (including phenoxy) is 4. The van der Waals surface area contributed by atoms with Crippen LogP contribution in [0.1, 0.15) is 101 Å². The highest BCUT2D eigenvalue weighted by molar-refractivity contribution is 8.39. The molecule has 8 heteroatoms. The van der Waals surface area contributed by atoms with Crippen molar-refractivity contribution in [2.75, 3.05) is 26.4 Å². The third-order valence-electron chi connectivity index (χ3n) is 8.89. The molecule has 4 aromatic carbocycles. The van der Waals surface area contributed by atoms with Gasteiger partial charge in [0.25, 0.3) is 0 Å². The zero-order valence-electron chi connectivity index (χ0n) is 32.0. The largest absolute Gasteiger partial charge is 0.494 e. The second-order valence-electron chi connectivity index (χ2n) is 13.2. The molecule has 0 N–H and O–H groups in total. The van der Waals surface area contributed by atoms with Crippen molar-refractivity contribution in [3.63, 3.8) is 0 Å². The molecular formula is C46H52O4S4. The summed E-state index contributed by atoms with van der Waals surface area (Å²) in [5, 5.41) is 0. The lowest BCUT2D eigenvalue weighted by atomic mass is 10.1. The Balaban J connectivity index is 1.31. The van der Waals surface area contributed by atoms with E-state index >= 15 is 0 Å². The van der Waals surface area contributed by atoms with Crippen LogP contribution >= 0.6 is 47.0 Å². The molecule has 0 unspecified atom stereocenters. The average Bonchev–Trinajstić information content (AvgIpc) is 3.86. The van der Waals surface area contributed by atoms with Gasteiger partial charge in [0.15, 0.2) is 0 Å². The van der Waals surface area contributed by atoms with Crippen LogP contribution in [0.25, 0.3) is 19.6 Å². The Morgan fingerprint density at radius 2 is 0.519 bits per heavy atom. The van der Waals surface area contributed by atoms with Gasteiger partial charge in [-0.1, -0.05) is 149 Å². The van der Waals surface area contributed by atoms with Gasteiger partial charge < -0.3 is 18.9 Å². The molecule has 284 valence electrons. The molecule has 0 atom stereocenters. The minimum Gasteiger partial charge on any atom is -0.494 e. The maximum Gasteiger partial charge on any atom is 0.119 e. The summed E-state index contributed by atoms with van der Waals surface area (Å²) in [7, 11) is 0. The predicted molar refractivity (Wildman–Crippen MR) is 238 cm³/mol. The third-order valence-corrected chi connectivity index (χ3v) is 14.8. The molecule has 0 saturated carbocycles. The number of benzene rings is 4. The molecule has 6 rings (SSSR count). The minimum atomic E-state index is 0.743. The topological polar surface area (TPSA) is 36.9 Å². The van der Waals surface area contributed by atoms with Crippen LogP contribution in [0.4, 0.5) is 0 Å². The summed E-state index contributed by atoms with van der Waals surface area (Å²) in [5.41, 5.74) is 4.79. The van der Waals surface area contributed by atoms with Gasteiger partial charge >= 0.3 is 0 Å². The van der Waals surface area contributed by atoms with E-state index in [1.807, 2.05) is 47.0 Å². The van der Waals surface area contributed by atoms with Crippen LogP contribution in [-0.2, 0) is 0 Å². The molecule has 0 saturated heterocycles. The van der Waals surface area contributed by atoms with Gasteiger partial charge in [-0.3, -0.25) is 0 Å². The number of hydrogen-bond donors (Lipinski definition) is 0. The van der Waals surface area contributed by atoms with Crippen LogP contribution in [0.2, 0.25) is 0 Å². The molecule has 0 bridgehead atoms. The van der Waals surface area contributed by atoms with Gasteiger partial charge in [-0.25, -0.2) is 0 Å². The van der Waals surface area contributed by atoms with E-state index in [0.29, 0.717) is 0 Å². The van der Waals surface area contributed by atoms with Crippen molar-refractivity contribution >= 4 is 66.7 Å². The van der Waals surface area contributed by atoms with E-state index in [4.69, 9.17) is 18.9 Å². The summed E-state index contributed by atoms with van der Waals surface area (Å²) in [5.74, 6) is 3.67. The molecule has 0 amide bonds. The van der Waals surface area contributed by atoms with E-state index in [2.05, 4.69) is 125 Å². The minimum absolute atomic E-state index is 0.743. The van der Waals surface area contributed by atoms with Crippen molar-refractivity contribution in [3.8, 4) is 23.0 Å². The van der Waals surface area contributed by atoms with Crippen LogP contribution in [0, 0.1) is 0 Å². The Labute approximate surface area is 339 Å². The third kappa shape index (κ3) is 10.9. The highest BCUT2D eigenvalue weighted by Crippen LogP contribution is 2.66. The van der Waals surface area contributed by atoms with E-state index in [0.717, 1.165) is 101 Å². The maximum atomic E-state index is 6.02. The lowest BCUT2D eigenvalue weighted by molar-refractivity contribution is 0.309. The normalized spacial score (nSPS) is 14.3. The smallest absolute Gasteiger partial charge is 0.119 e. The van der Waals surface area contributed by atoms with Crippen LogP contribution in [0.15, 0.2) is 106 Å². The molecule has 0 radical (unpaired) electrons. The summed E-state index contributed by atoms with van der Waals surface area (Å²) in [6.07, 6.45) is 8.70. The summed E-state index contributed by atoms with van der Waals surface area (Å²) in [6.45, 7) is 11.7. The first-order valence-corrected chi connectivity index (χ1v) is 22.7. The molecule has 2 aliphatic heterocycles. The van der Waals surface area contributed by atoms with E-state index in [1.165, 1.54) is 50.3 Å². The van der Waals surface area contributed by atoms with Crippen molar-refractivity contribution in [2.24, 2.45) is 0 Å². The summed E-state index contributed by atoms with van der Waals surface area (Å²) >= 11 is 7.50. The quantitative estimate of drug-likeness (QED) is 0.0819. The summed E-state index contributed by atoms with van der Waals surface area (Å²) in [6, 6.07) is 34.5. The highest BCUT2D eigenvalue weighted by atomic mass is 32.2. The van der Waals surface area contributed by atoms with Gasteiger partial charge in [-0.15, -0.1) is 0 Å². The molecule has 2 heterocycles. The van der Waals surface area contributed by atoms with Gasteiger partial charge in [-0.05, 0) is 96.5 Å². The van der Waals surface area contributed by atoms with Crippen molar-refractivity contribution in [1.29, 1.82) is 0 Å². The standard InChI is InChI=1S/C46H52O4S4/c1-5-9-29-47-37-21-13-33(14-22-37)41-42(34-15-23-38(24-16-34)48-30-10-6-2)52-45(51-41)46-53-43(35-17-25-39(26-18-35)49-31-11-7-3)44(54-46)36-19-27-40(28-20-36)50-32-12-8-4/h13-28H,5-12,29-32H2,1-4H3. The monoisotopic (exact) mass is 796 g/mol. The van der Waals surface area contributed by atoms with Gasteiger partial charge in [-0.2, -0.15) is 0 Å². The fourth-order valence-electron chi connectivity index (χ4n) is 5.67. The maximum absolute atomic E-state index is 6.02. The Hall–Kier alpha value is -3.30. The number of unbranched alkanes of at least 4 members (excludes halogenated alkanes) is 4. The fraction of sp³-hybridized carbons (Fsp3) is 0.348. The second-order valence-corrected chi connectivity index (χ2v) is 17.8. The SMILES string of the molecule is CCCCOc1ccc(C2=C(c3ccc(OCCCC)cc3)SC(=C3SC(c4ccc(OCCCC)cc4)=C(c4ccc(OCCCC)cc4)S3)S2)cc1. The molecular weight excluding hydrogens is 745 g/mol. The first-order chi connectivity index (χ1) is 26.6. The number of rotatable bonds is 20. The Morgan fingerprint density at radius 3 is 0.704 bits per heavy atom. The van der Waals surface area contributed by atoms with Gasteiger partial charge in [0.05, 0.1) is 34.9 Å². The zero-order valence-corrected chi connectivity index (χ0v) is 35.3. The lowest BCUT2D eigenvalue weighted by Gasteiger charge is -2.10. The van der Waals surface area contributed by atoms with Crippen LogP contribution in [-0.4, -0.2) is 26.4 Å². The molecule has 0 spiro atoms. The first-order valence-electron chi connectivity index (χ1n) is 19.5. The van der Waals surface area contributed by atoms with Gasteiger partial charge in [0.1, 0.15) is 23.0 Å². The molecule has 0 fully saturated rings. The molecule has 0 aliphatic carbocycles. The number of hydrogen-bond acceptors (Lipinski definition) is 8. The van der Waals surface area contributed by atoms with E-state index < -0.39 is 0 Å². The second kappa shape index (κ2) is 21.1. The Bertz CT molecular complexity index is 1610. The first kappa shape index (κ1) is 40.4. The van der Waals surface area contributed by atoms with Crippen molar-refractivity contribution in [2.45, 2.75) is 79.1 Å². The van der Waals surface area contributed by atoms with Gasteiger partial charge in [0, 0.05) is 19.6 Å². The van der Waals surface area contributed by atoms with E-state index in [9.17, 15) is 0 Å². The fourth-order valence-corrected chi connectivity index (χ4v) is 11.4. The molecule has 54 heavy (non-hydrogen) atoms. The van der Waals surface area contributed by atoms with Crippen LogP contribution in [0.3, 0.4) is 0 Å². The lowest BCUT2D eigenvalue weighted by Crippen LogP contribution is -1.96. The number of thioether (sulfide) groups is 4. The van der Waals surface area contributed by atoms with Crippen LogP contribution in [0.5, 0.6) is 23.0 Å². The average molecular weight is 797 g/mol. The van der Waals surface area contributed by atoms with E-state index in [-0.39, 0.29) is 0 Å². The molecule has 2 aliphatic rings. The van der Waals surface area contributed by atoms with E-state index in [1.54, 1.807) is 0 Å². The molecule has 0 aromatic heterocycles. The molecule has 4 aromatic rings. The van der Waals surface area contributed by atoms with Crippen LogP contribution < -0.4 is 18.9 Å². The Kier molecular flexibility index (Phi) is 15.8. The highest BCUT2D eigenvalue weighted by Gasteiger charge is 2.32. The van der Waals surface area contributed by atoms with Crippen molar-refractivity contribution in [1.82, 2.24) is 0 Å².